The maximum atomic E-state index is 13.1. The highest BCUT2D eigenvalue weighted by molar-refractivity contribution is 5.38. The summed E-state index contributed by atoms with van der Waals surface area (Å²) in [6.45, 7) is 0.595. The van der Waals surface area contributed by atoms with Gasteiger partial charge in [-0.25, -0.2) is 4.39 Å². The Bertz CT molecular complexity index is 418. The lowest BCUT2D eigenvalue weighted by molar-refractivity contribution is -0.122. The molecule has 3 rings (SSSR count). The molecule has 3 heteroatoms. The highest BCUT2D eigenvalue weighted by Gasteiger charge is 2.43. The normalized spacial score (nSPS) is 33.0. The molecule has 2 unspecified atom stereocenters. The second-order valence-electron chi connectivity index (χ2n) is 4.79. The number of fused-ring (bicyclic) bond motifs is 2. The van der Waals surface area contributed by atoms with Crippen LogP contribution in [-0.4, -0.2) is 17.8 Å². The molecule has 2 atom stereocenters. The van der Waals surface area contributed by atoms with Gasteiger partial charge in [0, 0.05) is 6.42 Å². The second-order valence-corrected chi connectivity index (χ2v) is 4.79. The minimum absolute atomic E-state index is 0.188. The molecule has 1 aliphatic carbocycles. The van der Waals surface area contributed by atoms with E-state index in [1.54, 1.807) is 6.07 Å². The molecule has 1 aromatic rings. The Kier molecular flexibility index (Phi) is 2.26. The van der Waals surface area contributed by atoms with Crippen LogP contribution >= 0.6 is 0 Å². The smallest absolute Gasteiger partial charge is 0.123 e. The molecule has 1 saturated heterocycles. The lowest BCUT2D eigenvalue weighted by Crippen LogP contribution is -2.37. The first-order valence-corrected chi connectivity index (χ1v) is 5.81. The molecular formula is C13H15FO2. The number of rotatable bonds is 0. The Balaban J connectivity index is 2.01. The number of ether oxygens (including phenoxy) is 1. The highest BCUT2D eigenvalue weighted by atomic mass is 19.1. The highest BCUT2D eigenvalue weighted by Crippen LogP contribution is 2.45. The molecule has 1 spiro atoms. The molecule has 0 aromatic heterocycles. The summed E-state index contributed by atoms with van der Waals surface area (Å²) in [6, 6.07) is 4.89. The standard InChI is InChI=1S/C13H15FO2/c14-10-1-2-12-9(7-10)3-5-13(12)8-11(15)4-6-16-13/h1-2,7,11,15H,3-6,8H2. The van der Waals surface area contributed by atoms with Gasteiger partial charge in [-0.2, -0.15) is 0 Å². The molecule has 0 bridgehead atoms. The molecule has 86 valence electrons. The maximum Gasteiger partial charge on any atom is 0.123 e. The minimum atomic E-state index is -0.347. The third-order valence-electron chi connectivity index (χ3n) is 3.75. The molecule has 0 amide bonds. The van der Waals surface area contributed by atoms with Gasteiger partial charge in [0.2, 0.25) is 0 Å². The van der Waals surface area contributed by atoms with E-state index in [-0.39, 0.29) is 17.5 Å². The average Bonchev–Trinajstić information content (AvgIpc) is 2.57. The molecule has 1 fully saturated rings. The van der Waals surface area contributed by atoms with Crippen molar-refractivity contribution in [3.05, 3.63) is 35.1 Å². The van der Waals surface area contributed by atoms with E-state index in [4.69, 9.17) is 4.74 Å². The number of benzene rings is 1. The van der Waals surface area contributed by atoms with Crippen LogP contribution < -0.4 is 0 Å². The van der Waals surface area contributed by atoms with Gasteiger partial charge in [-0.15, -0.1) is 0 Å². The van der Waals surface area contributed by atoms with Gasteiger partial charge in [-0.1, -0.05) is 6.07 Å². The summed E-state index contributed by atoms with van der Waals surface area (Å²) in [4.78, 5) is 0. The Labute approximate surface area is 94.0 Å². The number of hydrogen-bond acceptors (Lipinski definition) is 2. The van der Waals surface area contributed by atoms with Gasteiger partial charge in [0.25, 0.3) is 0 Å². The molecule has 16 heavy (non-hydrogen) atoms. The van der Waals surface area contributed by atoms with Crippen LogP contribution in [0.3, 0.4) is 0 Å². The summed E-state index contributed by atoms with van der Waals surface area (Å²) >= 11 is 0. The van der Waals surface area contributed by atoms with Crippen molar-refractivity contribution in [3.8, 4) is 0 Å². The molecule has 1 heterocycles. The van der Waals surface area contributed by atoms with Gasteiger partial charge in [-0.05, 0) is 42.5 Å². The fourth-order valence-electron chi connectivity index (χ4n) is 2.98. The van der Waals surface area contributed by atoms with Gasteiger partial charge < -0.3 is 9.84 Å². The van der Waals surface area contributed by atoms with Gasteiger partial charge in [0.05, 0.1) is 18.3 Å². The van der Waals surface area contributed by atoms with Crippen LogP contribution in [0.2, 0.25) is 0 Å². The largest absolute Gasteiger partial charge is 0.393 e. The van der Waals surface area contributed by atoms with Crippen molar-refractivity contribution in [2.24, 2.45) is 0 Å². The third-order valence-corrected chi connectivity index (χ3v) is 3.75. The van der Waals surface area contributed by atoms with Crippen LogP contribution in [0, 0.1) is 5.82 Å². The van der Waals surface area contributed by atoms with Crippen molar-refractivity contribution in [2.75, 3.05) is 6.61 Å². The summed E-state index contributed by atoms with van der Waals surface area (Å²) in [5, 5.41) is 9.76. The van der Waals surface area contributed by atoms with E-state index in [1.807, 2.05) is 6.07 Å². The fraction of sp³-hybridized carbons (Fsp3) is 0.538. The number of aliphatic hydroxyl groups is 1. The number of hydrogen-bond donors (Lipinski definition) is 1. The predicted molar refractivity (Wildman–Crippen MR) is 57.6 cm³/mol. The van der Waals surface area contributed by atoms with E-state index in [9.17, 15) is 9.50 Å². The lowest BCUT2D eigenvalue weighted by Gasteiger charge is -2.37. The number of aryl methyl sites for hydroxylation is 1. The first-order valence-electron chi connectivity index (χ1n) is 5.81. The van der Waals surface area contributed by atoms with Crippen LogP contribution in [0.1, 0.15) is 30.4 Å². The summed E-state index contributed by atoms with van der Waals surface area (Å²) in [5.74, 6) is -0.188. The van der Waals surface area contributed by atoms with Crippen LogP contribution in [-0.2, 0) is 16.8 Å². The van der Waals surface area contributed by atoms with Gasteiger partial charge in [0.15, 0.2) is 0 Å². The molecule has 1 aliphatic heterocycles. The predicted octanol–water partition coefficient (Wildman–Crippen LogP) is 2.14. The molecule has 1 aromatic carbocycles. The first-order chi connectivity index (χ1) is 7.70. The molecular weight excluding hydrogens is 207 g/mol. The van der Waals surface area contributed by atoms with E-state index >= 15 is 0 Å². The van der Waals surface area contributed by atoms with Gasteiger partial charge in [0.1, 0.15) is 5.82 Å². The Morgan fingerprint density at radius 2 is 2.31 bits per heavy atom. The quantitative estimate of drug-likeness (QED) is 0.728. The SMILES string of the molecule is OC1CCOC2(CCc3cc(F)ccc32)C1. The van der Waals surface area contributed by atoms with Gasteiger partial charge >= 0.3 is 0 Å². The van der Waals surface area contributed by atoms with E-state index in [1.165, 1.54) is 6.07 Å². The Morgan fingerprint density at radius 3 is 3.12 bits per heavy atom. The monoisotopic (exact) mass is 222 g/mol. The fourth-order valence-corrected chi connectivity index (χ4v) is 2.98. The van der Waals surface area contributed by atoms with Crippen molar-refractivity contribution in [2.45, 2.75) is 37.4 Å². The van der Waals surface area contributed by atoms with E-state index in [0.717, 1.165) is 24.0 Å². The van der Waals surface area contributed by atoms with Crippen molar-refractivity contribution >= 4 is 0 Å². The topological polar surface area (TPSA) is 29.5 Å². The van der Waals surface area contributed by atoms with E-state index in [0.29, 0.717) is 19.4 Å². The van der Waals surface area contributed by atoms with Crippen LogP contribution in [0.4, 0.5) is 4.39 Å². The zero-order chi connectivity index (χ0) is 11.2. The number of halogens is 1. The molecule has 0 radical (unpaired) electrons. The summed E-state index contributed by atoms with van der Waals surface area (Å²) in [6.07, 6.45) is 2.77. The lowest BCUT2D eigenvalue weighted by atomic mass is 9.86. The molecule has 2 aliphatic rings. The number of aliphatic hydroxyl groups excluding tert-OH is 1. The average molecular weight is 222 g/mol. The Hall–Kier alpha value is -0.930. The molecule has 0 saturated carbocycles. The van der Waals surface area contributed by atoms with E-state index in [2.05, 4.69) is 0 Å². The second kappa shape index (κ2) is 3.54. The minimum Gasteiger partial charge on any atom is -0.393 e. The molecule has 1 N–H and O–H groups in total. The molecule has 2 nitrogen and oxygen atoms in total. The van der Waals surface area contributed by atoms with Crippen molar-refractivity contribution in [1.29, 1.82) is 0 Å². The van der Waals surface area contributed by atoms with Crippen molar-refractivity contribution in [1.82, 2.24) is 0 Å². The maximum absolute atomic E-state index is 13.1. The van der Waals surface area contributed by atoms with Gasteiger partial charge in [-0.3, -0.25) is 0 Å². The van der Waals surface area contributed by atoms with Crippen molar-refractivity contribution in [3.63, 3.8) is 0 Å². The Morgan fingerprint density at radius 1 is 1.44 bits per heavy atom. The van der Waals surface area contributed by atoms with E-state index < -0.39 is 0 Å². The van der Waals surface area contributed by atoms with Crippen LogP contribution in [0.15, 0.2) is 18.2 Å². The summed E-state index contributed by atoms with van der Waals surface area (Å²) < 4.78 is 19.0. The third kappa shape index (κ3) is 1.46. The van der Waals surface area contributed by atoms with Crippen LogP contribution in [0.25, 0.3) is 0 Å². The summed E-state index contributed by atoms with van der Waals surface area (Å²) in [7, 11) is 0. The first kappa shape index (κ1) is 10.2. The zero-order valence-corrected chi connectivity index (χ0v) is 9.08. The van der Waals surface area contributed by atoms with Crippen molar-refractivity contribution < 1.29 is 14.2 Å². The zero-order valence-electron chi connectivity index (χ0n) is 9.08. The summed E-state index contributed by atoms with van der Waals surface area (Å²) in [5.41, 5.74) is 1.77. The van der Waals surface area contributed by atoms with Crippen LogP contribution in [0.5, 0.6) is 0 Å².